The lowest BCUT2D eigenvalue weighted by Crippen LogP contribution is -2.52. The summed E-state index contributed by atoms with van der Waals surface area (Å²) in [6.07, 6.45) is -2.57. The van der Waals surface area contributed by atoms with Crippen molar-refractivity contribution < 1.29 is 23.1 Å². The number of aromatic nitrogens is 2. The zero-order valence-corrected chi connectivity index (χ0v) is 13.3. The number of hydrogen-bond donors (Lipinski definition) is 2. The van der Waals surface area contributed by atoms with Gasteiger partial charge in [-0.1, -0.05) is 0 Å². The maximum absolute atomic E-state index is 12.9. The van der Waals surface area contributed by atoms with Gasteiger partial charge < -0.3 is 9.67 Å². The summed E-state index contributed by atoms with van der Waals surface area (Å²) in [6, 6.07) is 6.67. The van der Waals surface area contributed by atoms with Crippen LogP contribution in [-0.4, -0.2) is 32.3 Å². The molecule has 2 aromatic rings. The van der Waals surface area contributed by atoms with Crippen molar-refractivity contribution in [2.75, 3.05) is 5.32 Å². The number of anilines is 1. The Kier molecular flexibility index (Phi) is 3.95. The van der Waals surface area contributed by atoms with Gasteiger partial charge in [0, 0.05) is 6.04 Å². The van der Waals surface area contributed by atoms with Gasteiger partial charge in [0.25, 0.3) is 5.91 Å². The van der Waals surface area contributed by atoms with Crippen molar-refractivity contribution >= 4 is 22.9 Å². The van der Waals surface area contributed by atoms with Crippen LogP contribution in [0.5, 0.6) is 0 Å². The number of aliphatic hydroxyl groups is 1. The molecular weight excluding hydrogens is 337 g/mol. The first-order chi connectivity index (χ1) is 11.6. The Bertz CT molecular complexity index is 876. The Morgan fingerprint density at radius 2 is 2.12 bits per heavy atom. The van der Waals surface area contributed by atoms with Crippen molar-refractivity contribution in [1.82, 2.24) is 9.55 Å². The molecule has 132 valence electrons. The van der Waals surface area contributed by atoms with Gasteiger partial charge in [0.2, 0.25) is 11.5 Å². The molecule has 0 saturated heterocycles. The van der Waals surface area contributed by atoms with Gasteiger partial charge in [-0.3, -0.25) is 10.1 Å². The molecule has 9 heteroatoms. The molecule has 1 amide bonds. The molecule has 6 nitrogen and oxygen atoms in total. The van der Waals surface area contributed by atoms with Crippen molar-refractivity contribution in [2.45, 2.75) is 44.0 Å². The lowest BCUT2D eigenvalue weighted by Gasteiger charge is -2.30. The van der Waals surface area contributed by atoms with E-state index in [2.05, 4.69) is 10.3 Å². The van der Waals surface area contributed by atoms with E-state index in [1.54, 1.807) is 16.7 Å². The van der Waals surface area contributed by atoms with E-state index >= 15 is 0 Å². The molecule has 1 saturated carbocycles. The summed E-state index contributed by atoms with van der Waals surface area (Å²) in [5, 5.41) is 20.7. The van der Waals surface area contributed by atoms with Gasteiger partial charge in [-0.15, -0.1) is 0 Å². The number of carbonyl (C=O) groups is 1. The highest BCUT2D eigenvalue weighted by Crippen LogP contribution is 2.38. The molecule has 0 unspecified atom stereocenters. The van der Waals surface area contributed by atoms with Crippen molar-refractivity contribution in [3.63, 3.8) is 0 Å². The van der Waals surface area contributed by atoms with Crippen LogP contribution in [0.4, 0.5) is 19.1 Å². The maximum Gasteiger partial charge on any atom is 0.426 e. The Hall–Kier alpha value is -2.60. The predicted molar refractivity (Wildman–Crippen MR) is 82.6 cm³/mol. The number of nitrogens with one attached hydrogen (secondary N) is 1. The summed E-state index contributed by atoms with van der Waals surface area (Å²) in [5.74, 6) is -1.67. The highest BCUT2D eigenvalue weighted by molar-refractivity contribution is 5.97. The lowest BCUT2D eigenvalue weighted by molar-refractivity contribution is -0.242. The monoisotopic (exact) mass is 352 g/mol. The highest BCUT2D eigenvalue weighted by Gasteiger charge is 2.56. The van der Waals surface area contributed by atoms with Crippen LogP contribution in [-0.2, 0) is 4.79 Å². The molecule has 0 aliphatic heterocycles. The number of rotatable bonds is 3. The van der Waals surface area contributed by atoms with E-state index in [4.69, 9.17) is 5.26 Å². The topological polar surface area (TPSA) is 90.9 Å². The Labute approximate surface area is 140 Å². The van der Waals surface area contributed by atoms with E-state index in [9.17, 15) is 23.1 Å². The summed E-state index contributed by atoms with van der Waals surface area (Å²) in [7, 11) is 0. The largest absolute Gasteiger partial charge is 0.426 e. The number of amides is 1. The van der Waals surface area contributed by atoms with E-state index < -0.39 is 17.7 Å². The SMILES string of the molecule is C[C@](O)(C(=O)Nc1nc2ccc(C#N)cc2n1C1CCC1)C(F)(F)F. The van der Waals surface area contributed by atoms with E-state index in [1.165, 1.54) is 6.07 Å². The van der Waals surface area contributed by atoms with Crippen molar-refractivity contribution in [2.24, 2.45) is 0 Å². The lowest BCUT2D eigenvalue weighted by atomic mass is 9.92. The first-order valence-corrected chi connectivity index (χ1v) is 7.68. The van der Waals surface area contributed by atoms with Gasteiger partial charge in [-0.2, -0.15) is 18.4 Å². The molecule has 1 heterocycles. The van der Waals surface area contributed by atoms with Gasteiger partial charge in [0.05, 0.1) is 22.7 Å². The van der Waals surface area contributed by atoms with Crippen molar-refractivity contribution in [3.8, 4) is 6.07 Å². The third-order valence-electron chi connectivity index (χ3n) is 4.48. The van der Waals surface area contributed by atoms with Crippen LogP contribution in [0.1, 0.15) is 37.8 Å². The fourth-order valence-electron chi connectivity index (χ4n) is 2.62. The predicted octanol–water partition coefficient (Wildman–Crippen LogP) is 2.88. The van der Waals surface area contributed by atoms with E-state index in [1.807, 2.05) is 6.07 Å². The molecule has 0 radical (unpaired) electrons. The molecule has 3 rings (SSSR count). The zero-order valence-electron chi connectivity index (χ0n) is 13.3. The third-order valence-corrected chi connectivity index (χ3v) is 4.48. The van der Waals surface area contributed by atoms with Crippen LogP contribution in [0, 0.1) is 11.3 Å². The van der Waals surface area contributed by atoms with Gasteiger partial charge in [0.1, 0.15) is 0 Å². The van der Waals surface area contributed by atoms with E-state index in [-0.39, 0.29) is 12.0 Å². The molecule has 1 aromatic carbocycles. The second kappa shape index (κ2) is 5.74. The standard InChI is InChI=1S/C16H15F3N4O2/c1-15(25,16(17,18)19)13(24)22-14-21-11-6-5-9(8-20)7-12(11)23(14)10-3-2-4-10/h5-7,10,25H,2-4H2,1H3,(H,21,22,24)/t15-/m0/s1. The molecule has 25 heavy (non-hydrogen) atoms. The number of benzene rings is 1. The van der Waals surface area contributed by atoms with E-state index in [0.717, 1.165) is 19.3 Å². The summed E-state index contributed by atoms with van der Waals surface area (Å²) in [5.41, 5.74) is -2.14. The number of imidazole rings is 1. The van der Waals surface area contributed by atoms with Crippen molar-refractivity contribution in [3.05, 3.63) is 23.8 Å². The maximum atomic E-state index is 12.9. The molecule has 1 aliphatic carbocycles. The number of nitrogens with zero attached hydrogens (tertiary/aromatic N) is 3. The fraction of sp³-hybridized carbons (Fsp3) is 0.438. The number of carbonyl (C=O) groups excluding carboxylic acids is 1. The minimum absolute atomic E-state index is 0.0231. The first kappa shape index (κ1) is 17.2. The molecule has 1 aliphatic rings. The van der Waals surface area contributed by atoms with Crippen LogP contribution in [0.2, 0.25) is 0 Å². The van der Waals surface area contributed by atoms with Crippen LogP contribution < -0.4 is 5.32 Å². The molecule has 1 fully saturated rings. The van der Waals surface area contributed by atoms with Crippen LogP contribution in [0.15, 0.2) is 18.2 Å². The minimum Gasteiger partial charge on any atom is -0.373 e. The molecule has 2 N–H and O–H groups in total. The summed E-state index contributed by atoms with van der Waals surface area (Å²) >= 11 is 0. The van der Waals surface area contributed by atoms with Crippen LogP contribution >= 0.6 is 0 Å². The van der Waals surface area contributed by atoms with Gasteiger partial charge in [-0.25, -0.2) is 4.98 Å². The second-order valence-electron chi connectivity index (χ2n) is 6.23. The van der Waals surface area contributed by atoms with Gasteiger partial charge in [-0.05, 0) is 44.4 Å². The number of nitriles is 1. The second-order valence-corrected chi connectivity index (χ2v) is 6.23. The summed E-state index contributed by atoms with van der Waals surface area (Å²) < 4.78 is 40.2. The van der Waals surface area contributed by atoms with Crippen LogP contribution in [0.25, 0.3) is 11.0 Å². The van der Waals surface area contributed by atoms with E-state index in [0.29, 0.717) is 23.5 Å². The number of hydrogen-bond acceptors (Lipinski definition) is 4. The zero-order chi connectivity index (χ0) is 18.4. The molecule has 1 aromatic heterocycles. The summed E-state index contributed by atoms with van der Waals surface area (Å²) in [6.45, 7) is 0.395. The Morgan fingerprint density at radius 1 is 1.44 bits per heavy atom. The molecular formula is C16H15F3N4O2. The number of halogens is 3. The molecule has 0 bridgehead atoms. The average Bonchev–Trinajstić information content (AvgIpc) is 2.82. The minimum atomic E-state index is -5.11. The Morgan fingerprint density at radius 3 is 2.64 bits per heavy atom. The normalized spacial score (nSPS) is 17.6. The van der Waals surface area contributed by atoms with Gasteiger partial charge in [0.15, 0.2) is 0 Å². The fourth-order valence-corrected chi connectivity index (χ4v) is 2.62. The third kappa shape index (κ3) is 2.82. The highest BCUT2D eigenvalue weighted by atomic mass is 19.4. The van der Waals surface area contributed by atoms with Gasteiger partial charge >= 0.3 is 6.18 Å². The van der Waals surface area contributed by atoms with Crippen LogP contribution in [0.3, 0.4) is 0 Å². The first-order valence-electron chi connectivity index (χ1n) is 7.68. The smallest absolute Gasteiger partial charge is 0.373 e. The van der Waals surface area contributed by atoms with Crippen molar-refractivity contribution in [1.29, 1.82) is 5.26 Å². The number of fused-ring (bicyclic) bond motifs is 1. The molecule has 1 atom stereocenters. The average molecular weight is 352 g/mol. The summed E-state index contributed by atoms with van der Waals surface area (Å²) in [4.78, 5) is 16.1. The quantitative estimate of drug-likeness (QED) is 0.889. The molecule has 0 spiro atoms. The Balaban J connectivity index is 2.04. The number of alkyl halides is 3.